The van der Waals surface area contributed by atoms with Crippen molar-refractivity contribution in [3.63, 3.8) is 0 Å². The molecule has 0 unspecified atom stereocenters. The van der Waals surface area contributed by atoms with E-state index in [1.54, 1.807) is 0 Å². The summed E-state index contributed by atoms with van der Waals surface area (Å²) in [5, 5.41) is 2.75. The molecule has 25 heavy (non-hydrogen) atoms. The van der Waals surface area contributed by atoms with Crippen LogP contribution in [0.25, 0.3) is 0 Å². The number of sulfonamides is 1. The maximum absolute atomic E-state index is 12.3. The number of nitrogens with zero attached hydrogens (tertiary/aromatic N) is 2. The Balaban J connectivity index is 1.59. The van der Waals surface area contributed by atoms with Crippen LogP contribution in [0.3, 0.4) is 0 Å². The van der Waals surface area contributed by atoms with Crippen LogP contribution in [-0.4, -0.2) is 61.7 Å². The summed E-state index contributed by atoms with van der Waals surface area (Å²) in [6.07, 6.45) is 2.44. The first kappa shape index (κ1) is 17.5. The number of hydrogen-bond acceptors (Lipinski definition) is 5. The molecule has 3 rings (SSSR count). The van der Waals surface area contributed by atoms with Crippen LogP contribution in [0.4, 0.5) is 9.59 Å². The molecule has 0 aliphatic carbocycles. The van der Waals surface area contributed by atoms with E-state index in [1.165, 1.54) is 0 Å². The molecule has 0 spiro atoms. The van der Waals surface area contributed by atoms with Gasteiger partial charge in [-0.15, -0.1) is 0 Å². The highest BCUT2D eigenvalue weighted by Gasteiger charge is 2.38. The number of urea groups is 2. The van der Waals surface area contributed by atoms with Crippen LogP contribution in [0.5, 0.6) is 5.75 Å². The number of carbonyl (C=O) groups is 2. The average molecular weight is 367 g/mol. The van der Waals surface area contributed by atoms with Gasteiger partial charge in [-0.25, -0.2) is 27.2 Å². The Hall–Kier alpha value is -2.29. The summed E-state index contributed by atoms with van der Waals surface area (Å²) in [5.41, 5.74) is 2.23. The summed E-state index contributed by atoms with van der Waals surface area (Å²) >= 11 is 0. The number of hydrogen-bond donors (Lipinski definition) is 1. The van der Waals surface area contributed by atoms with Gasteiger partial charge in [-0.3, -0.25) is 0 Å². The molecule has 0 bridgehead atoms. The van der Waals surface area contributed by atoms with Crippen LogP contribution < -0.4 is 10.1 Å². The highest BCUT2D eigenvalue weighted by molar-refractivity contribution is 7.88. The molecule has 1 aromatic rings. The van der Waals surface area contributed by atoms with Crippen molar-refractivity contribution in [1.29, 1.82) is 0 Å². The molecule has 1 fully saturated rings. The monoisotopic (exact) mass is 367 g/mol. The molecule has 1 saturated heterocycles. The lowest BCUT2D eigenvalue weighted by Crippen LogP contribution is -2.46. The predicted molar refractivity (Wildman–Crippen MR) is 91.0 cm³/mol. The summed E-state index contributed by atoms with van der Waals surface area (Å²) in [5.74, 6) is 0.906. The van der Waals surface area contributed by atoms with Crippen molar-refractivity contribution in [3.8, 4) is 5.75 Å². The number of rotatable bonds is 4. The first-order valence-electron chi connectivity index (χ1n) is 8.10. The molecule has 136 valence electrons. The zero-order valence-electron chi connectivity index (χ0n) is 14.2. The molecule has 0 aromatic heterocycles. The Labute approximate surface area is 146 Å². The topological polar surface area (TPSA) is 96.0 Å². The Morgan fingerprint density at radius 2 is 2.12 bits per heavy atom. The quantitative estimate of drug-likeness (QED) is 0.855. The Kier molecular flexibility index (Phi) is 4.59. The van der Waals surface area contributed by atoms with E-state index in [1.807, 2.05) is 19.1 Å². The minimum absolute atomic E-state index is 0.00963. The minimum atomic E-state index is -3.65. The van der Waals surface area contributed by atoms with Gasteiger partial charge in [-0.1, -0.05) is 12.1 Å². The molecule has 0 radical (unpaired) electrons. The van der Waals surface area contributed by atoms with Crippen molar-refractivity contribution >= 4 is 22.1 Å². The van der Waals surface area contributed by atoms with Gasteiger partial charge in [0, 0.05) is 12.5 Å². The van der Waals surface area contributed by atoms with Crippen LogP contribution in [0, 0.1) is 0 Å². The third kappa shape index (κ3) is 3.71. The van der Waals surface area contributed by atoms with Gasteiger partial charge in [0.1, 0.15) is 5.75 Å². The van der Waals surface area contributed by atoms with Crippen molar-refractivity contribution in [2.24, 2.45) is 0 Å². The number of amides is 4. The maximum Gasteiger partial charge on any atom is 0.341 e. The van der Waals surface area contributed by atoms with Gasteiger partial charge in [0.15, 0.2) is 0 Å². The maximum atomic E-state index is 12.3. The molecule has 2 aliphatic heterocycles. The van der Waals surface area contributed by atoms with Crippen LogP contribution in [-0.2, 0) is 22.9 Å². The smallest absolute Gasteiger partial charge is 0.341 e. The van der Waals surface area contributed by atoms with Crippen molar-refractivity contribution in [2.45, 2.75) is 25.8 Å². The fourth-order valence-corrected chi connectivity index (χ4v) is 3.87. The van der Waals surface area contributed by atoms with E-state index in [0.717, 1.165) is 34.5 Å². The SMILES string of the molecule is C[C@H](Cc1ccc2c(c1)CCO2)NC(=O)N1CCN(S(C)(=O)=O)C1=O. The lowest BCUT2D eigenvalue weighted by Gasteiger charge is -2.20. The molecule has 1 atom stereocenters. The van der Waals surface area contributed by atoms with E-state index in [0.29, 0.717) is 17.3 Å². The van der Waals surface area contributed by atoms with Gasteiger partial charge in [0.25, 0.3) is 0 Å². The third-order valence-corrected chi connectivity index (χ3v) is 5.42. The summed E-state index contributed by atoms with van der Waals surface area (Å²) in [6.45, 7) is 2.58. The Bertz CT molecular complexity index is 808. The molecule has 1 N–H and O–H groups in total. The van der Waals surface area contributed by atoms with Gasteiger partial charge in [-0.2, -0.15) is 0 Å². The molecular formula is C16H21N3O5S. The summed E-state index contributed by atoms with van der Waals surface area (Å²) < 4.78 is 29.2. The molecular weight excluding hydrogens is 346 g/mol. The Morgan fingerprint density at radius 1 is 1.36 bits per heavy atom. The van der Waals surface area contributed by atoms with Gasteiger partial charge >= 0.3 is 12.1 Å². The van der Waals surface area contributed by atoms with E-state index in [2.05, 4.69) is 11.4 Å². The van der Waals surface area contributed by atoms with Crippen LogP contribution in [0.15, 0.2) is 18.2 Å². The van der Waals surface area contributed by atoms with E-state index >= 15 is 0 Å². The first-order valence-corrected chi connectivity index (χ1v) is 9.95. The molecule has 2 aliphatic rings. The molecule has 0 saturated carbocycles. The molecule has 2 heterocycles. The van der Waals surface area contributed by atoms with Crippen LogP contribution in [0.2, 0.25) is 0 Å². The van der Waals surface area contributed by atoms with Crippen molar-refractivity contribution in [2.75, 3.05) is 26.0 Å². The number of ether oxygens (including phenoxy) is 1. The first-order chi connectivity index (χ1) is 11.8. The fourth-order valence-electron chi connectivity index (χ4n) is 3.07. The normalized spacial score (nSPS) is 18.1. The second kappa shape index (κ2) is 6.55. The molecule has 1 aromatic carbocycles. The van der Waals surface area contributed by atoms with Crippen LogP contribution in [0.1, 0.15) is 18.1 Å². The van der Waals surface area contributed by atoms with E-state index in [-0.39, 0.29) is 19.1 Å². The van der Waals surface area contributed by atoms with Crippen molar-refractivity contribution in [1.82, 2.24) is 14.5 Å². The second-order valence-corrected chi connectivity index (χ2v) is 8.27. The molecule has 4 amide bonds. The zero-order valence-corrected chi connectivity index (χ0v) is 15.0. The molecule has 9 heteroatoms. The molecule has 8 nitrogen and oxygen atoms in total. The number of fused-ring (bicyclic) bond motifs is 1. The summed E-state index contributed by atoms with van der Waals surface area (Å²) in [7, 11) is -3.65. The van der Waals surface area contributed by atoms with Gasteiger partial charge in [0.2, 0.25) is 10.0 Å². The number of nitrogens with one attached hydrogen (secondary N) is 1. The minimum Gasteiger partial charge on any atom is -0.493 e. The number of imide groups is 1. The van der Waals surface area contributed by atoms with Crippen molar-refractivity contribution in [3.05, 3.63) is 29.3 Å². The number of benzene rings is 1. The largest absolute Gasteiger partial charge is 0.493 e. The van der Waals surface area contributed by atoms with Gasteiger partial charge in [0.05, 0.1) is 26.0 Å². The highest BCUT2D eigenvalue weighted by atomic mass is 32.2. The van der Waals surface area contributed by atoms with E-state index in [4.69, 9.17) is 4.74 Å². The van der Waals surface area contributed by atoms with Crippen LogP contribution >= 0.6 is 0 Å². The van der Waals surface area contributed by atoms with Crippen molar-refractivity contribution < 1.29 is 22.7 Å². The lowest BCUT2D eigenvalue weighted by molar-refractivity contribution is 0.192. The zero-order chi connectivity index (χ0) is 18.2. The summed E-state index contributed by atoms with van der Waals surface area (Å²) in [6, 6.07) is 4.37. The van der Waals surface area contributed by atoms with E-state index in [9.17, 15) is 18.0 Å². The fraction of sp³-hybridized carbons (Fsp3) is 0.500. The van der Waals surface area contributed by atoms with Gasteiger partial charge < -0.3 is 10.1 Å². The number of carbonyl (C=O) groups excluding carboxylic acids is 2. The second-order valence-electron chi connectivity index (χ2n) is 6.36. The highest BCUT2D eigenvalue weighted by Crippen LogP contribution is 2.26. The standard InChI is InChI=1S/C16H21N3O5S/c1-11(9-12-3-4-14-13(10-12)5-8-24-14)17-15(20)18-6-7-19(16(18)21)25(2,22)23/h3-4,10-11H,5-9H2,1-2H3,(H,17,20)/t11-/m1/s1. The Morgan fingerprint density at radius 3 is 2.80 bits per heavy atom. The lowest BCUT2D eigenvalue weighted by atomic mass is 10.0. The van der Waals surface area contributed by atoms with Gasteiger partial charge in [-0.05, 0) is 30.5 Å². The predicted octanol–water partition coefficient (Wildman–Crippen LogP) is 0.959. The third-order valence-electron chi connectivity index (χ3n) is 4.28. The van der Waals surface area contributed by atoms with E-state index < -0.39 is 22.1 Å². The average Bonchev–Trinajstić information content (AvgIpc) is 3.12. The summed E-state index contributed by atoms with van der Waals surface area (Å²) in [4.78, 5) is 25.3.